The lowest BCUT2D eigenvalue weighted by atomic mass is 10.0. The first-order chi connectivity index (χ1) is 14.9. The van der Waals surface area contributed by atoms with Crippen LogP contribution in [0.3, 0.4) is 0 Å². The zero-order chi connectivity index (χ0) is 23.9. The largest absolute Gasteiger partial charge is 0.444 e. The minimum Gasteiger partial charge on any atom is -0.444 e. The summed E-state index contributed by atoms with van der Waals surface area (Å²) in [6, 6.07) is 8.00. The molecular formula is C22H29N3O5S2. The maximum Gasteiger partial charge on any atom is 0.408 e. The van der Waals surface area contributed by atoms with E-state index in [2.05, 4.69) is 5.32 Å². The van der Waals surface area contributed by atoms with Gasteiger partial charge in [-0.2, -0.15) is 19.8 Å². The predicted octanol–water partition coefficient (Wildman–Crippen LogP) is 4.92. The van der Waals surface area contributed by atoms with Crippen LogP contribution in [0, 0.1) is 0 Å². The lowest BCUT2D eigenvalue weighted by molar-refractivity contribution is 0.0518. The second-order valence-corrected chi connectivity index (χ2v) is 10.1. The summed E-state index contributed by atoms with van der Waals surface area (Å²) < 4.78 is 38.3. The molecule has 3 N–H and O–H groups in total. The number of ether oxygens (including phenoxy) is 1. The number of benzene rings is 1. The maximum atomic E-state index is 12.5. The highest BCUT2D eigenvalue weighted by Gasteiger charge is 2.22. The number of nitrogens with one attached hydrogen (secondary N) is 2. The summed E-state index contributed by atoms with van der Waals surface area (Å²) in [5.41, 5.74) is 2.90. The number of allylic oxidation sites excluding steroid dienone is 1. The molecule has 10 heteroatoms. The minimum absolute atomic E-state index is 0.229. The number of thiophene rings is 1. The van der Waals surface area contributed by atoms with Crippen LogP contribution in [-0.2, 0) is 21.5 Å². The third-order valence-corrected chi connectivity index (χ3v) is 5.40. The van der Waals surface area contributed by atoms with Gasteiger partial charge in [0.05, 0.1) is 17.4 Å². The summed E-state index contributed by atoms with van der Waals surface area (Å²) in [6.07, 6.45) is 1.76. The highest BCUT2D eigenvalue weighted by molar-refractivity contribution is 7.87. The van der Waals surface area contributed by atoms with Crippen molar-refractivity contribution in [2.75, 3.05) is 4.72 Å². The Hall–Kier alpha value is -2.69. The Bertz CT molecular complexity index is 1070. The number of amides is 1. The number of alkyl carbamates (subject to hydrolysis) is 1. The van der Waals surface area contributed by atoms with Crippen LogP contribution >= 0.6 is 11.3 Å². The van der Waals surface area contributed by atoms with Gasteiger partial charge in [-0.05, 0) is 70.2 Å². The molecular weight excluding hydrogens is 450 g/mol. The highest BCUT2D eigenvalue weighted by Crippen LogP contribution is 2.20. The predicted molar refractivity (Wildman–Crippen MR) is 130 cm³/mol. The van der Waals surface area contributed by atoms with Crippen molar-refractivity contribution in [1.82, 2.24) is 5.32 Å². The molecule has 1 aromatic carbocycles. The van der Waals surface area contributed by atoms with Crippen molar-refractivity contribution in [2.24, 2.45) is 4.99 Å². The number of hydrogen-bond donors (Lipinski definition) is 3. The zero-order valence-electron chi connectivity index (χ0n) is 18.7. The van der Waals surface area contributed by atoms with E-state index in [9.17, 15) is 13.2 Å². The standard InChI is InChI=1S/C22H29N3O5S2/c1-6-19(17-11-12-31-14-17)23-15(2)20(24-21(26)30-22(3,4)5)13-16-7-9-18(10-8-16)25-32(27,28)29/h6-12,14,20,25H,13H2,1-5H3,(H,24,26)(H,27,28,29)/b19-6-,23-15+/t20-/m0/s1. The first-order valence-corrected chi connectivity index (χ1v) is 12.3. The van der Waals surface area contributed by atoms with Crippen LogP contribution in [0.4, 0.5) is 10.5 Å². The second kappa shape index (κ2) is 10.8. The van der Waals surface area contributed by atoms with Gasteiger partial charge in [0, 0.05) is 16.7 Å². The summed E-state index contributed by atoms with van der Waals surface area (Å²) in [4.78, 5) is 17.2. The van der Waals surface area contributed by atoms with Gasteiger partial charge in [-0.1, -0.05) is 18.2 Å². The van der Waals surface area contributed by atoms with Crippen molar-refractivity contribution in [1.29, 1.82) is 0 Å². The average molecular weight is 480 g/mol. The van der Waals surface area contributed by atoms with Crippen LogP contribution in [0.5, 0.6) is 0 Å². The van der Waals surface area contributed by atoms with Crippen LogP contribution < -0.4 is 10.0 Å². The number of carbonyl (C=O) groups excluding carboxylic acids is 1. The molecule has 0 aliphatic heterocycles. The van der Waals surface area contributed by atoms with Gasteiger partial charge >= 0.3 is 16.4 Å². The summed E-state index contributed by atoms with van der Waals surface area (Å²) in [5.74, 6) is 0. The Kier molecular flexibility index (Phi) is 8.59. The molecule has 0 fully saturated rings. The Labute approximate surface area is 193 Å². The van der Waals surface area contributed by atoms with Gasteiger partial charge in [0.25, 0.3) is 0 Å². The molecule has 0 aliphatic rings. The Morgan fingerprint density at radius 1 is 1.25 bits per heavy atom. The van der Waals surface area contributed by atoms with E-state index in [0.717, 1.165) is 16.8 Å². The van der Waals surface area contributed by atoms with E-state index in [1.807, 2.05) is 41.5 Å². The minimum atomic E-state index is -4.35. The molecule has 2 rings (SSSR count). The van der Waals surface area contributed by atoms with E-state index in [4.69, 9.17) is 14.3 Å². The van der Waals surface area contributed by atoms with E-state index in [-0.39, 0.29) is 5.69 Å². The zero-order valence-corrected chi connectivity index (χ0v) is 20.4. The normalized spacial score (nSPS) is 14.1. The fourth-order valence-corrected chi connectivity index (χ4v) is 3.90. The quantitative estimate of drug-likeness (QED) is 0.367. The lowest BCUT2D eigenvalue weighted by Gasteiger charge is -2.24. The maximum absolute atomic E-state index is 12.5. The molecule has 0 radical (unpaired) electrons. The van der Waals surface area contributed by atoms with Gasteiger partial charge in [0.15, 0.2) is 0 Å². The average Bonchev–Trinajstić information content (AvgIpc) is 3.18. The van der Waals surface area contributed by atoms with Gasteiger partial charge in [-0.25, -0.2) is 4.79 Å². The van der Waals surface area contributed by atoms with Gasteiger partial charge in [-0.3, -0.25) is 14.3 Å². The van der Waals surface area contributed by atoms with Gasteiger partial charge in [0.2, 0.25) is 0 Å². The van der Waals surface area contributed by atoms with Crippen molar-refractivity contribution in [3.63, 3.8) is 0 Å². The van der Waals surface area contributed by atoms with Crippen LogP contribution in [0.15, 0.2) is 52.2 Å². The molecule has 0 saturated heterocycles. The van der Waals surface area contributed by atoms with Crippen LogP contribution in [0.2, 0.25) is 0 Å². The van der Waals surface area contributed by atoms with Crippen molar-refractivity contribution >= 4 is 44.8 Å². The molecule has 32 heavy (non-hydrogen) atoms. The molecule has 1 heterocycles. The van der Waals surface area contributed by atoms with Crippen molar-refractivity contribution in [3.05, 3.63) is 58.3 Å². The molecule has 8 nitrogen and oxygen atoms in total. The molecule has 0 bridgehead atoms. The lowest BCUT2D eigenvalue weighted by Crippen LogP contribution is -2.44. The molecule has 0 unspecified atom stereocenters. The van der Waals surface area contributed by atoms with E-state index >= 15 is 0 Å². The number of hydrogen-bond acceptors (Lipinski definition) is 6. The Morgan fingerprint density at radius 3 is 2.41 bits per heavy atom. The van der Waals surface area contributed by atoms with Gasteiger partial charge in [-0.15, -0.1) is 0 Å². The number of anilines is 1. The third-order valence-electron chi connectivity index (χ3n) is 4.22. The fraction of sp³-hybridized carbons (Fsp3) is 0.364. The van der Waals surface area contributed by atoms with E-state index < -0.39 is 28.0 Å². The summed E-state index contributed by atoms with van der Waals surface area (Å²) in [7, 11) is -4.35. The molecule has 0 spiro atoms. The molecule has 1 aromatic heterocycles. The smallest absolute Gasteiger partial charge is 0.408 e. The molecule has 174 valence electrons. The fourth-order valence-electron chi connectivity index (χ4n) is 2.82. The van der Waals surface area contributed by atoms with E-state index in [0.29, 0.717) is 12.1 Å². The van der Waals surface area contributed by atoms with Crippen molar-refractivity contribution in [3.8, 4) is 0 Å². The Morgan fingerprint density at radius 2 is 1.91 bits per heavy atom. The molecule has 1 amide bonds. The van der Waals surface area contributed by atoms with Crippen LogP contribution in [0.1, 0.15) is 45.7 Å². The van der Waals surface area contributed by atoms with Crippen LogP contribution in [0.25, 0.3) is 5.70 Å². The number of aliphatic imine (C=N–C) groups is 1. The first-order valence-electron chi connectivity index (χ1n) is 9.94. The van der Waals surface area contributed by atoms with Crippen molar-refractivity contribution < 1.29 is 22.5 Å². The number of rotatable bonds is 8. The molecule has 0 saturated carbocycles. The topological polar surface area (TPSA) is 117 Å². The monoisotopic (exact) mass is 479 g/mol. The Balaban J connectivity index is 2.27. The van der Waals surface area contributed by atoms with Gasteiger partial charge < -0.3 is 10.1 Å². The number of carbonyl (C=O) groups is 1. The third kappa shape index (κ3) is 8.81. The summed E-state index contributed by atoms with van der Waals surface area (Å²) >= 11 is 1.58. The first kappa shape index (κ1) is 25.6. The molecule has 2 aromatic rings. The van der Waals surface area contributed by atoms with Gasteiger partial charge in [0.1, 0.15) is 5.60 Å². The number of nitrogens with zero attached hydrogens (tertiary/aromatic N) is 1. The van der Waals surface area contributed by atoms with E-state index in [1.54, 1.807) is 44.2 Å². The van der Waals surface area contributed by atoms with E-state index in [1.165, 1.54) is 12.1 Å². The van der Waals surface area contributed by atoms with Crippen LogP contribution in [-0.4, -0.2) is 36.4 Å². The summed E-state index contributed by atoms with van der Waals surface area (Å²) in [6.45, 7) is 9.11. The highest BCUT2D eigenvalue weighted by atomic mass is 32.2. The molecule has 1 atom stereocenters. The summed E-state index contributed by atoms with van der Waals surface area (Å²) in [5, 5.41) is 6.86. The SMILES string of the molecule is C/C=C(\N=C(/C)[C@H](Cc1ccc(NS(=O)(=O)O)cc1)NC(=O)OC(C)(C)C)c1ccsc1. The second-order valence-electron chi connectivity index (χ2n) is 8.12. The molecule has 0 aliphatic carbocycles. The van der Waals surface area contributed by atoms with Crippen molar-refractivity contribution in [2.45, 2.75) is 52.7 Å².